The zero-order valence-electron chi connectivity index (χ0n) is 8.42. The molecule has 0 atom stereocenters. The molecule has 86 valence electrons. The van der Waals surface area contributed by atoms with E-state index in [0.717, 1.165) is 17.3 Å². The fourth-order valence-electron chi connectivity index (χ4n) is 1.32. The van der Waals surface area contributed by atoms with Crippen LogP contribution >= 0.6 is 15.9 Å². The molecule has 0 aliphatic heterocycles. The summed E-state index contributed by atoms with van der Waals surface area (Å²) < 4.78 is 28.3. The van der Waals surface area contributed by atoms with Gasteiger partial charge in [0.05, 0.1) is 11.6 Å². The molecule has 0 aliphatic carbocycles. The summed E-state index contributed by atoms with van der Waals surface area (Å²) in [6.07, 6.45) is 1.50. The van der Waals surface area contributed by atoms with Gasteiger partial charge >= 0.3 is 6.61 Å². The summed E-state index contributed by atoms with van der Waals surface area (Å²) >= 11 is 3.28. The second kappa shape index (κ2) is 6.44. The summed E-state index contributed by atoms with van der Waals surface area (Å²) in [5.74, 6) is 0.0959. The third-order valence-electron chi connectivity index (χ3n) is 2.00. The standard InChI is InChI=1S/C11H10BrF2NO/c12-5-1-2-8-6-10(16-11(13)14)4-3-9(8)7-15/h3-4,6,11H,1-2,5H2. The van der Waals surface area contributed by atoms with Crippen molar-refractivity contribution in [3.8, 4) is 11.8 Å². The normalized spacial score (nSPS) is 10.2. The molecule has 16 heavy (non-hydrogen) atoms. The van der Waals surface area contributed by atoms with Gasteiger partial charge in [0.1, 0.15) is 5.75 Å². The quantitative estimate of drug-likeness (QED) is 0.778. The Hall–Kier alpha value is -1.15. The van der Waals surface area contributed by atoms with Gasteiger partial charge in [0.25, 0.3) is 0 Å². The highest BCUT2D eigenvalue weighted by atomic mass is 79.9. The van der Waals surface area contributed by atoms with E-state index < -0.39 is 6.61 Å². The Morgan fingerprint density at radius 2 is 2.19 bits per heavy atom. The molecular weight excluding hydrogens is 280 g/mol. The molecule has 1 aromatic carbocycles. The second-order valence-corrected chi connectivity index (χ2v) is 3.89. The number of halogens is 3. The Morgan fingerprint density at radius 1 is 1.44 bits per heavy atom. The van der Waals surface area contributed by atoms with Crippen LogP contribution in [0.1, 0.15) is 17.5 Å². The van der Waals surface area contributed by atoms with Gasteiger partial charge in [-0.25, -0.2) is 0 Å². The molecule has 0 unspecified atom stereocenters. The average Bonchev–Trinajstić information content (AvgIpc) is 2.25. The molecule has 2 nitrogen and oxygen atoms in total. The van der Waals surface area contributed by atoms with Crippen LogP contribution in [0.4, 0.5) is 8.78 Å². The van der Waals surface area contributed by atoms with Crippen LogP contribution in [0.5, 0.6) is 5.75 Å². The van der Waals surface area contributed by atoms with Crippen LogP contribution in [0.3, 0.4) is 0 Å². The van der Waals surface area contributed by atoms with Crippen LogP contribution in [0.2, 0.25) is 0 Å². The first-order valence-corrected chi connectivity index (χ1v) is 5.83. The monoisotopic (exact) mass is 289 g/mol. The number of nitriles is 1. The summed E-state index contributed by atoms with van der Waals surface area (Å²) in [7, 11) is 0. The van der Waals surface area contributed by atoms with Crippen molar-refractivity contribution in [3.63, 3.8) is 0 Å². The summed E-state index contributed by atoms with van der Waals surface area (Å²) in [6, 6.07) is 6.40. The SMILES string of the molecule is N#Cc1ccc(OC(F)F)cc1CCCBr. The molecule has 0 spiro atoms. The Bertz CT molecular complexity index is 390. The molecule has 0 radical (unpaired) electrons. The largest absolute Gasteiger partial charge is 0.435 e. The van der Waals surface area contributed by atoms with Crippen LogP contribution in [0.15, 0.2) is 18.2 Å². The number of aryl methyl sites for hydroxylation is 1. The van der Waals surface area contributed by atoms with E-state index >= 15 is 0 Å². The van der Waals surface area contributed by atoms with Gasteiger partial charge in [-0.15, -0.1) is 0 Å². The maximum absolute atomic E-state index is 12.0. The van der Waals surface area contributed by atoms with E-state index in [0.29, 0.717) is 12.0 Å². The van der Waals surface area contributed by atoms with Crippen molar-refractivity contribution in [2.75, 3.05) is 5.33 Å². The molecule has 0 fully saturated rings. The first-order valence-electron chi connectivity index (χ1n) is 4.71. The smallest absolute Gasteiger partial charge is 0.387 e. The lowest BCUT2D eigenvalue weighted by molar-refractivity contribution is -0.0498. The van der Waals surface area contributed by atoms with Crippen molar-refractivity contribution in [1.29, 1.82) is 5.26 Å². The average molecular weight is 290 g/mol. The number of alkyl halides is 3. The highest BCUT2D eigenvalue weighted by molar-refractivity contribution is 9.09. The van der Waals surface area contributed by atoms with E-state index in [1.807, 2.05) is 6.07 Å². The van der Waals surface area contributed by atoms with Crippen LogP contribution in [0.25, 0.3) is 0 Å². The molecule has 5 heteroatoms. The van der Waals surface area contributed by atoms with Crippen LogP contribution in [0, 0.1) is 11.3 Å². The van der Waals surface area contributed by atoms with E-state index in [9.17, 15) is 8.78 Å². The molecule has 0 bridgehead atoms. The molecule has 1 rings (SSSR count). The maximum atomic E-state index is 12.0. The van der Waals surface area contributed by atoms with Crippen molar-refractivity contribution in [1.82, 2.24) is 0 Å². The molecule has 0 heterocycles. The molecule has 0 aromatic heterocycles. The Labute approximate surface area is 101 Å². The molecule has 0 aliphatic rings. The third kappa shape index (κ3) is 3.78. The fourth-order valence-corrected chi connectivity index (χ4v) is 1.60. The highest BCUT2D eigenvalue weighted by Crippen LogP contribution is 2.20. The number of rotatable bonds is 5. The van der Waals surface area contributed by atoms with Crippen molar-refractivity contribution in [2.45, 2.75) is 19.5 Å². The summed E-state index contributed by atoms with van der Waals surface area (Å²) in [4.78, 5) is 0. The molecular formula is C11H10BrF2NO. The highest BCUT2D eigenvalue weighted by Gasteiger charge is 2.08. The molecule has 0 saturated heterocycles. The van der Waals surface area contributed by atoms with Gasteiger partial charge < -0.3 is 4.74 Å². The molecule has 0 N–H and O–H groups in total. The lowest BCUT2D eigenvalue weighted by Crippen LogP contribution is -2.03. The van der Waals surface area contributed by atoms with Gasteiger partial charge in [0, 0.05) is 5.33 Å². The number of hydrogen-bond acceptors (Lipinski definition) is 2. The first kappa shape index (κ1) is 12.9. The lowest BCUT2D eigenvalue weighted by Gasteiger charge is -2.08. The lowest BCUT2D eigenvalue weighted by atomic mass is 10.0. The van der Waals surface area contributed by atoms with Crippen LogP contribution in [-0.2, 0) is 6.42 Å². The van der Waals surface area contributed by atoms with E-state index in [2.05, 4.69) is 20.7 Å². The van der Waals surface area contributed by atoms with Crippen molar-refractivity contribution >= 4 is 15.9 Å². The molecule has 1 aromatic rings. The summed E-state index contributed by atoms with van der Waals surface area (Å²) in [5.41, 5.74) is 1.24. The van der Waals surface area contributed by atoms with Gasteiger partial charge in [-0.2, -0.15) is 14.0 Å². The zero-order chi connectivity index (χ0) is 12.0. The topological polar surface area (TPSA) is 33.0 Å². The number of hydrogen-bond donors (Lipinski definition) is 0. The Morgan fingerprint density at radius 3 is 2.75 bits per heavy atom. The van der Waals surface area contributed by atoms with E-state index in [1.165, 1.54) is 18.2 Å². The van der Waals surface area contributed by atoms with Gasteiger partial charge in [0.15, 0.2) is 0 Å². The first-order chi connectivity index (χ1) is 7.67. The third-order valence-corrected chi connectivity index (χ3v) is 2.56. The maximum Gasteiger partial charge on any atom is 0.387 e. The summed E-state index contributed by atoms with van der Waals surface area (Å²) in [5, 5.41) is 9.64. The zero-order valence-corrected chi connectivity index (χ0v) is 10.0. The predicted octanol–water partition coefficient (Wildman–Crippen LogP) is 3.49. The minimum atomic E-state index is -2.84. The van der Waals surface area contributed by atoms with E-state index in [4.69, 9.17) is 5.26 Å². The fraction of sp³-hybridized carbons (Fsp3) is 0.364. The van der Waals surface area contributed by atoms with Gasteiger partial charge in [-0.3, -0.25) is 0 Å². The second-order valence-electron chi connectivity index (χ2n) is 3.10. The van der Waals surface area contributed by atoms with Crippen LogP contribution in [-0.4, -0.2) is 11.9 Å². The Balaban J connectivity index is 2.88. The number of ether oxygens (including phenoxy) is 1. The van der Waals surface area contributed by atoms with Crippen molar-refractivity contribution in [2.24, 2.45) is 0 Å². The van der Waals surface area contributed by atoms with Gasteiger partial charge in [-0.05, 0) is 36.6 Å². The Kier molecular flexibility index (Phi) is 5.20. The van der Waals surface area contributed by atoms with Crippen molar-refractivity contribution in [3.05, 3.63) is 29.3 Å². The number of benzene rings is 1. The minimum Gasteiger partial charge on any atom is -0.435 e. The minimum absolute atomic E-state index is 0.0959. The predicted molar refractivity (Wildman–Crippen MR) is 59.9 cm³/mol. The van der Waals surface area contributed by atoms with E-state index in [-0.39, 0.29) is 5.75 Å². The summed E-state index contributed by atoms with van der Waals surface area (Å²) in [6.45, 7) is -2.84. The van der Waals surface area contributed by atoms with E-state index in [1.54, 1.807) is 0 Å². The van der Waals surface area contributed by atoms with Gasteiger partial charge in [-0.1, -0.05) is 15.9 Å². The van der Waals surface area contributed by atoms with Crippen LogP contribution < -0.4 is 4.74 Å². The van der Waals surface area contributed by atoms with Crippen molar-refractivity contribution < 1.29 is 13.5 Å². The molecule has 0 amide bonds. The molecule has 0 saturated carbocycles. The van der Waals surface area contributed by atoms with Gasteiger partial charge in [0.2, 0.25) is 0 Å². The number of nitrogens with zero attached hydrogens (tertiary/aromatic N) is 1.